The molecule has 1 heterocycles. The van der Waals surface area contributed by atoms with Gasteiger partial charge < -0.3 is 10.3 Å². The molecule has 18 heavy (non-hydrogen) atoms. The largest absolute Gasteiger partial charge is 0.349 e. The van der Waals surface area contributed by atoms with Crippen molar-refractivity contribution in [1.82, 2.24) is 15.3 Å². The van der Waals surface area contributed by atoms with Crippen molar-refractivity contribution in [3.8, 4) is 0 Å². The molecule has 0 aliphatic rings. The molecule has 2 N–H and O–H groups in total. The summed E-state index contributed by atoms with van der Waals surface area (Å²) in [5.41, 5.74) is 1.02. The normalized spacial score (nSPS) is 12.6. The quantitative estimate of drug-likeness (QED) is 0.880. The molecular weight excluding hydrogens is 269 g/mol. The van der Waals surface area contributed by atoms with E-state index >= 15 is 0 Å². The van der Waals surface area contributed by atoms with Gasteiger partial charge in [0.15, 0.2) is 0 Å². The van der Waals surface area contributed by atoms with E-state index in [0.29, 0.717) is 5.02 Å². The van der Waals surface area contributed by atoms with Crippen LogP contribution in [0.15, 0.2) is 30.6 Å². The van der Waals surface area contributed by atoms with Crippen molar-refractivity contribution in [1.29, 1.82) is 0 Å². The first-order chi connectivity index (χ1) is 8.66. The van der Waals surface area contributed by atoms with E-state index in [-0.39, 0.29) is 6.04 Å². The van der Waals surface area contributed by atoms with Crippen molar-refractivity contribution < 1.29 is 0 Å². The van der Waals surface area contributed by atoms with Gasteiger partial charge in [0, 0.05) is 41.4 Å². The van der Waals surface area contributed by atoms with Crippen LogP contribution >= 0.6 is 23.2 Å². The SMILES string of the molecule is CC(NCCc1ncc[nH]1)c1cc(Cl)ccc1Cl. The predicted octanol–water partition coefficient (Wildman–Crippen LogP) is 3.61. The zero-order valence-corrected chi connectivity index (χ0v) is 11.6. The molecule has 1 aromatic heterocycles. The van der Waals surface area contributed by atoms with Gasteiger partial charge in [0.05, 0.1) is 0 Å². The molecule has 0 fully saturated rings. The maximum absolute atomic E-state index is 6.15. The molecule has 1 aromatic carbocycles. The lowest BCUT2D eigenvalue weighted by molar-refractivity contribution is 0.571. The van der Waals surface area contributed by atoms with E-state index in [2.05, 4.69) is 22.2 Å². The second kappa shape index (κ2) is 6.23. The molecule has 0 spiro atoms. The predicted molar refractivity (Wildman–Crippen MR) is 75.2 cm³/mol. The molecule has 0 aliphatic heterocycles. The number of halogens is 2. The number of nitrogens with zero attached hydrogens (tertiary/aromatic N) is 1. The lowest BCUT2D eigenvalue weighted by Gasteiger charge is -2.15. The molecule has 1 unspecified atom stereocenters. The molecule has 1 atom stereocenters. The van der Waals surface area contributed by atoms with Gasteiger partial charge in [-0.1, -0.05) is 23.2 Å². The Morgan fingerprint density at radius 1 is 1.39 bits per heavy atom. The van der Waals surface area contributed by atoms with Gasteiger partial charge in [0.1, 0.15) is 5.82 Å². The number of H-pyrrole nitrogens is 1. The Morgan fingerprint density at radius 2 is 2.22 bits per heavy atom. The Balaban J connectivity index is 1.91. The van der Waals surface area contributed by atoms with Crippen LogP contribution in [0.1, 0.15) is 24.4 Å². The number of rotatable bonds is 5. The Morgan fingerprint density at radius 3 is 2.94 bits per heavy atom. The molecular formula is C13H15Cl2N3. The third-order valence-corrected chi connectivity index (χ3v) is 3.37. The molecule has 2 aromatic rings. The minimum absolute atomic E-state index is 0.158. The van der Waals surface area contributed by atoms with Crippen molar-refractivity contribution in [2.75, 3.05) is 6.54 Å². The van der Waals surface area contributed by atoms with Crippen LogP contribution < -0.4 is 5.32 Å². The number of hydrogen-bond donors (Lipinski definition) is 2. The lowest BCUT2D eigenvalue weighted by Crippen LogP contribution is -2.22. The Kier molecular flexibility index (Phi) is 4.64. The van der Waals surface area contributed by atoms with E-state index in [4.69, 9.17) is 23.2 Å². The summed E-state index contributed by atoms with van der Waals surface area (Å²) in [4.78, 5) is 7.25. The van der Waals surface area contributed by atoms with E-state index in [1.165, 1.54) is 0 Å². The molecule has 5 heteroatoms. The van der Waals surface area contributed by atoms with Gasteiger partial charge >= 0.3 is 0 Å². The van der Waals surface area contributed by atoms with Crippen LogP contribution in [0, 0.1) is 0 Å². The van der Waals surface area contributed by atoms with Gasteiger partial charge in [0.2, 0.25) is 0 Å². The smallest absolute Gasteiger partial charge is 0.107 e. The van der Waals surface area contributed by atoms with Crippen molar-refractivity contribution in [3.63, 3.8) is 0 Å². The fraction of sp³-hybridized carbons (Fsp3) is 0.308. The lowest BCUT2D eigenvalue weighted by atomic mass is 10.1. The molecule has 0 aliphatic carbocycles. The summed E-state index contributed by atoms with van der Waals surface area (Å²) in [6.07, 6.45) is 4.44. The molecule has 3 nitrogen and oxygen atoms in total. The average Bonchev–Trinajstić information content (AvgIpc) is 2.85. The van der Waals surface area contributed by atoms with Crippen LogP contribution in [0.2, 0.25) is 10.0 Å². The fourth-order valence-electron chi connectivity index (χ4n) is 1.80. The van der Waals surface area contributed by atoms with Gasteiger partial charge in [-0.15, -0.1) is 0 Å². The zero-order valence-electron chi connectivity index (χ0n) is 10.1. The summed E-state index contributed by atoms with van der Waals surface area (Å²) in [7, 11) is 0. The summed E-state index contributed by atoms with van der Waals surface area (Å²) in [6, 6.07) is 5.67. The maximum Gasteiger partial charge on any atom is 0.107 e. The van der Waals surface area contributed by atoms with Crippen LogP contribution in [0.3, 0.4) is 0 Å². The topological polar surface area (TPSA) is 40.7 Å². The summed E-state index contributed by atoms with van der Waals surface area (Å²) < 4.78 is 0. The van der Waals surface area contributed by atoms with Crippen molar-refractivity contribution in [3.05, 3.63) is 52.0 Å². The monoisotopic (exact) mass is 283 g/mol. The minimum Gasteiger partial charge on any atom is -0.349 e. The third-order valence-electron chi connectivity index (χ3n) is 2.79. The Hall–Kier alpha value is -1.03. The summed E-state index contributed by atoms with van der Waals surface area (Å²) in [5.74, 6) is 0.979. The second-order valence-corrected chi connectivity index (χ2v) is 4.97. The first-order valence-corrected chi connectivity index (χ1v) is 6.59. The van der Waals surface area contributed by atoms with Crippen LogP contribution in [-0.2, 0) is 6.42 Å². The first-order valence-electron chi connectivity index (χ1n) is 5.83. The number of aromatic amines is 1. The highest BCUT2D eigenvalue weighted by Crippen LogP contribution is 2.25. The van der Waals surface area contributed by atoms with Crippen LogP contribution in [0.25, 0.3) is 0 Å². The summed E-state index contributed by atoms with van der Waals surface area (Å²) >= 11 is 12.1. The Labute approximate surface area is 117 Å². The molecule has 0 bridgehead atoms. The van der Waals surface area contributed by atoms with Crippen LogP contribution in [0.5, 0.6) is 0 Å². The summed E-state index contributed by atoms with van der Waals surface area (Å²) in [6.45, 7) is 2.90. The molecule has 0 saturated heterocycles. The standard InChI is InChI=1S/C13H15Cl2N3/c1-9(11-8-10(14)2-3-12(11)15)16-5-4-13-17-6-7-18-13/h2-3,6-9,16H,4-5H2,1H3,(H,17,18). The highest BCUT2D eigenvalue weighted by Gasteiger charge is 2.09. The molecule has 96 valence electrons. The van der Waals surface area contributed by atoms with E-state index < -0.39 is 0 Å². The van der Waals surface area contributed by atoms with Crippen LogP contribution in [0.4, 0.5) is 0 Å². The number of benzene rings is 1. The average molecular weight is 284 g/mol. The Bertz CT molecular complexity index is 497. The first kappa shape index (κ1) is 13.4. The summed E-state index contributed by atoms with van der Waals surface area (Å²) in [5, 5.41) is 4.84. The van der Waals surface area contributed by atoms with Gasteiger partial charge in [-0.2, -0.15) is 0 Å². The molecule has 0 saturated carbocycles. The second-order valence-electron chi connectivity index (χ2n) is 4.13. The third kappa shape index (κ3) is 3.48. The highest BCUT2D eigenvalue weighted by atomic mass is 35.5. The molecule has 0 amide bonds. The van der Waals surface area contributed by atoms with Crippen molar-refractivity contribution >= 4 is 23.2 Å². The molecule has 2 rings (SSSR count). The van der Waals surface area contributed by atoms with E-state index in [1.54, 1.807) is 12.3 Å². The van der Waals surface area contributed by atoms with Crippen molar-refractivity contribution in [2.45, 2.75) is 19.4 Å². The van der Waals surface area contributed by atoms with E-state index in [1.807, 2.05) is 18.3 Å². The maximum atomic E-state index is 6.15. The number of aromatic nitrogens is 2. The zero-order chi connectivity index (χ0) is 13.0. The number of nitrogens with one attached hydrogen (secondary N) is 2. The van der Waals surface area contributed by atoms with E-state index in [9.17, 15) is 0 Å². The van der Waals surface area contributed by atoms with Gasteiger partial charge in [-0.05, 0) is 30.7 Å². The van der Waals surface area contributed by atoms with Gasteiger partial charge in [-0.25, -0.2) is 4.98 Å². The fourth-order valence-corrected chi connectivity index (χ4v) is 2.26. The van der Waals surface area contributed by atoms with E-state index in [0.717, 1.165) is 29.4 Å². The van der Waals surface area contributed by atoms with Gasteiger partial charge in [0.25, 0.3) is 0 Å². The van der Waals surface area contributed by atoms with Gasteiger partial charge in [-0.3, -0.25) is 0 Å². The molecule has 0 radical (unpaired) electrons. The number of hydrogen-bond acceptors (Lipinski definition) is 2. The highest BCUT2D eigenvalue weighted by molar-refractivity contribution is 6.33. The van der Waals surface area contributed by atoms with Crippen molar-refractivity contribution in [2.24, 2.45) is 0 Å². The van der Waals surface area contributed by atoms with Crippen LogP contribution in [-0.4, -0.2) is 16.5 Å². The number of imidazole rings is 1. The minimum atomic E-state index is 0.158.